The number of amides is 2. The van der Waals surface area contributed by atoms with Crippen molar-refractivity contribution in [1.29, 1.82) is 0 Å². The van der Waals surface area contributed by atoms with Crippen molar-refractivity contribution < 1.29 is 18.4 Å². The van der Waals surface area contributed by atoms with Crippen LogP contribution >= 0.6 is 11.6 Å². The number of fused-ring (bicyclic) bond motifs is 1. The summed E-state index contributed by atoms with van der Waals surface area (Å²) in [6, 6.07) is 5.20. The maximum atomic E-state index is 13.2. The Morgan fingerprint density at radius 1 is 1.24 bits per heavy atom. The van der Waals surface area contributed by atoms with Gasteiger partial charge < -0.3 is 15.2 Å². The van der Waals surface area contributed by atoms with Gasteiger partial charge in [0.05, 0.1) is 12.6 Å². The second-order valence-corrected chi connectivity index (χ2v) is 7.00. The molecule has 2 N–H and O–H groups in total. The summed E-state index contributed by atoms with van der Waals surface area (Å²) in [7, 11) is 0. The molecule has 2 atom stereocenters. The van der Waals surface area contributed by atoms with E-state index in [0.29, 0.717) is 16.3 Å². The number of halogens is 3. The molecule has 2 unspecified atom stereocenters. The number of nitrogens with zero attached hydrogens (tertiary/aromatic N) is 1. The smallest absolute Gasteiger partial charge is 0.322 e. The van der Waals surface area contributed by atoms with Crippen LogP contribution in [-0.2, 0) is 4.79 Å². The fourth-order valence-electron chi connectivity index (χ4n) is 3.15. The first-order valence-electron chi connectivity index (χ1n) is 8.82. The van der Waals surface area contributed by atoms with E-state index >= 15 is 0 Å². The molecule has 0 spiro atoms. The van der Waals surface area contributed by atoms with Crippen LogP contribution < -0.4 is 10.9 Å². The van der Waals surface area contributed by atoms with Gasteiger partial charge in [-0.15, -0.1) is 11.6 Å². The largest absolute Gasteiger partial charge is 0.328 e. The van der Waals surface area contributed by atoms with E-state index in [4.69, 9.17) is 11.6 Å². The molecule has 3 rings (SSSR count). The third-order valence-corrected chi connectivity index (χ3v) is 4.97. The Labute approximate surface area is 169 Å². The van der Waals surface area contributed by atoms with Crippen molar-refractivity contribution in [3.05, 3.63) is 70.3 Å². The second-order valence-electron chi connectivity index (χ2n) is 6.53. The maximum Gasteiger partial charge on any atom is 0.322 e. The van der Waals surface area contributed by atoms with Crippen molar-refractivity contribution in [2.24, 2.45) is 0 Å². The lowest BCUT2D eigenvalue weighted by Crippen LogP contribution is -2.44. The van der Waals surface area contributed by atoms with Gasteiger partial charge in [-0.2, -0.15) is 0 Å². The van der Waals surface area contributed by atoms with E-state index in [-0.39, 0.29) is 17.0 Å². The van der Waals surface area contributed by atoms with Gasteiger partial charge in [0.25, 0.3) is 12.0 Å². The Balaban J connectivity index is 1.93. The van der Waals surface area contributed by atoms with E-state index in [1.165, 1.54) is 24.4 Å². The molecule has 6 nitrogen and oxygen atoms in total. The first-order valence-corrected chi connectivity index (χ1v) is 9.25. The van der Waals surface area contributed by atoms with Gasteiger partial charge in [-0.1, -0.05) is 18.2 Å². The number of hydrogen-bond donors (Lipinski definition) is 2. The minimum absolute atomic E-state index is 0.243. The molecule has 0 bridgehead atoms. The number of alkyl halides is 3. The summed E-state index contributed by atoms with van der Waals surface area (Å²) in [6.07, 6.45) is 2.57. The number of benzene rings is 1. The number of aromatic amines is 1. The summed E-state index contributed by atoms with van der Waals surface area (Å²) in [4.78, 5) is 39.8. The van der Waals surface area contributed by atoms with Crippen LogP contribution in [0.25, 0.3) is 10.8 Å². The summed E-state index contributed by atoms with van der Waals surface area (Å²) in [6.45, 7) is 0.779. The summed E-state index contributed by atoms with van der Waals surface area (Å²) in [5.41, 5.74) is 0.457. The van der Waals surface area contributed by atoms with E-state index in [0.717, 1.165) is 4.90 Å². The number of urea groups is 1. The van der Waals surface area contributed by atoms with Gasteiger partial charge in [-0.25, -0.2) is 13.6 Å². The van der Waals surface area contributed by atoms with Crippen LogP contribution in [0.2, 0.25) is 0 Å². The Morgan fingerprint density at radius 2 is 1.93 bits per heavy atom. The Kier molecular flexibility index (Phi) is 6.12. The van der Waals surface area contributed by atoms with Crippen LogP contribution in [0.5, 0.6) is 0 Å². The quantitative estimate of drug-likeness (QED) is 0.725. The Bertz CT molecular complexity index is 1060. The molecule has 1 aliphatic rings. The highest BCUT2D eigenvalue weighted by Crippen LogP contribution is 2.27. The van der Waals surface area contributed by atoms with Crippen molar-refractivity contribution >= 4 is 34.2 Å². The predicted molar refractivity (Wildman–Crippen MR) is 106 cm³/mol. The molecule has 29 heavy (non-hydrogen) atoms. The SMILES string of the molecule is CC(c1c[nH]c(=O)c2ccccc12)N(CC(F)F)C(=O)NC1=CC(Cl)C(=O)C=C1. The third kappa shape index (κ3) is 4.54. The Hall–Kier alpha value is -3.00. The average molecular weight is 422 g/mol. The third-order valence-electron chi connectivity index (χ3n) is 4.63. The molecule has 1 heterocycles. The molecule has 0 fully saturated rings. The molecule has 0 aliphatic heterocycles. The van der Waals surface area contributed by atoms with Crippen LogP contribution in [-0.4, -0.2) is 40.0 Å². The van der Waals surface area contributed by atoms with Crippen molar-refractivity contribution in [1.82, 2.24) is 15.2 Å². The maximum absolute atomic E-state index is 13.2. The number of rotatable bonds is 5. The van der Waals surface area contributed by atoms with Crippen LogP contribution in [0.4, 0.5) is 13.6 Å². The first kappa shape index (κ1) is 20.7. The van der Waals surface area contributed by atoms with E-state index in [9.17, 15) is 23.2 Å². The zero-order chi connectivity index (χ0) is 21.1. The fraction of sp³-hybridized carbons (Fsp3) is 0.250. The lowest BCUT2D eigenvalue weighted by molar-refractivity contribution is -0.113. The summed E-state index contributed by atoms with van der Waals surface area (Å²) in [5, 5.41) is 2.54. The fourth-order valence-corrected chi connectivity index (χ4v) is 3.36. The van der Waals surface area contributed by atoms with Gasteiger partial charge in [0.1, 0.15) is 5.38 Å². The molecule has 0 radical (unpaired) electrons. The number of carbonyl (C=O) groups is 2. The number of nitrogens with one attached hydrogen (secondary N) is 2. The molecule has 152 valence electrons. The molecule has 2 aromatic rings. The van der Waals surface area contributed by atoms with Crippen LogP contribution in [0.15, 0.2) is 59.2 Å². The van der Waals surface area contributed by atoms with Crippen molar-refractivity contribution in [3.63, 3.8) is 0 Å². The van der Waals surface area contributed by atoms with Crippen molar-refractivity contribution in [2.75, 3.05) is 6.54 Å². The Morgan fingerprint density at radius 3 is 2.59 bits per heavy atom. The zero-order valence-electron chi connectivity index (χ0n) is 15.4. The number of carbonyl (C=O) groups excluding carboxylic acids is 2. The van der Waals surface area contributed by atoms with E-state index in [1.54, 1.807) is 31.2 Å². The van der Waals surface area contributed by atoms with E-state index in [1.807, 2.05) is 0 Å². The standard InChI is InChI=1S/C20H18ClF2N3O3/c1-11(15-9-24-19(28)14-5-3-2-4-13(14)15)26(10-18(22)23)20(29)25-12-6-7-17(27)16(21)8-12/h2-9,11,16,18H,10H2,1H3,(H,24,28)(H,25,29). The monoisotopic (exact) mass is 421 g/mol. The number of H-pyrrole nitrogens is 1. The molecule has 1 aliphatic carbocycles. The molecule has 9 heteroatoms. The molecule has 1 aromatic carbocycles. The summed E-state index contributed by atoms with van der Waals surface area (Å²) < 4.78 is 26.4. The van der Waals surface area contributed by atoms with Gasteiger partial charge in [0, 0.05) is 17.3 Å². The van der Waals surface area contributed by atoms with E-state index in [2.05, 4.69) is 10.3 Å². The topological polar surface area (TPSA) is 82.3 Å². The number of aromatic nitrogens is 1. The minimum Gasteiger partial charge on any atom is -0.328 e. The normalized spacial score (nSPS) is 17.3. The highest BCUT2D eigenvalue weighted by Gasteiger charge is 2.27. The summed E-state index contributed by atoms with van der Waals surface area (Å²) in [5.74, 6) is -0.331. The van der Waals surface area contributed by atoms with Gasteiger partial charge in [-0.3, -0.25) is 9.59 Å². The molecule has 0 saturated heterocycles. The predicted octanol–water partition coefficient (Wildman–Crippen LogP) is 3.50. The highest BCUT2D eigenvalue weighted by atomic mass is 35.5. The van der Waals surface area contributed by atoms with Gasteiger partial charge in [0.15, 0.2) is 5.78 Å². The van der Waals surface area contributed by atoms with Crippen molar-refractivity contribution in [3.8, 4) is 0 Å². The highest BCUT2D eigenvalue weighted by molar-refractivity contribution is 6.34. The van der Waals surface area contributed by atoms with E-state index < -0.39 is 30.4 Å². The molecular formula is C20H18ClF2N3O3. The molecule has 2 amide bonds. The molecule has 0 saturated carbocycles. The van der Waals surface area contributed by atoms with Crippen LogP contribution in [0.1, 0.15) is 18.5 Å². The number of pyridine rings is 1. The van der Waals surface area contributed by atoms with Crippen LogP contribution in [0.3, 0.4) is 0 Å². The second kappa shape index (κ2) is 8.57. The van der Waals surface area contributed by atoms with Gasteiger partial charge >= 0.3 is 6.03 Å². The van der Waals surface area contributed by atoms with Crippen molar-refractivity contribution in [2.45, 2.75) is 24.8 Å². The van der Waals surface area contributed by atoms with Gasteiger partial charge in [0.2, 0.25) is 0 Å². The number of allylic oxidation sites excluding steroid dienone is 3. The lowest BCUT2D eigenvalue weighted by atomic mass is 10.0. The number of ketones is 1. The van der Waals surface area contributed by atoms with Crippen LogP contribution in [0, 0.1) is 0 Å². The lowest BCUT2D eigenvalue weighted by Gasteiger charge is -2.30. The minimum atomic E-state index is -2.77. The number of hydrogen-bond acceptors (Lipinski definition) is 3. The molecule has 1 aromatic heterocycles. The first-order chi connectivity index (χ1) is 13.8. The summed E-state index contributed by atoms with van der Waals surface area (Å²) >= 11 is 5.85. The molecular weight excluding hydrogens is 404 g/mol. The zero-order valence-corrected chi connectivity index (χ0v) is 16.1. The average Bonchev–Trinajstić information content (AvgIpc) is 2.69. The van der Waals surface area contributed by atoms with Gasteiger partial charge in [-0.05, 0) is 42.2 Å².